The Morgan fingerprint density at radius 1 is 0.917 bits per heavy atom. The smallest absolute Gasteiger partial charge is 0.345 e. The lowest BCUT2D eigenvalue weighted by Crippen LogP contribution is -2.63. The number of ether oxygens (including phenoxy) is 3. The third-order valence-electron chi connectivity index (χ3n) is 12.0. The summed E-state index contributed by atoms with van der Waals surface area (Å²) >= 11 is 0. The zero-order valence-electron chi connectivity index (χ0n) is 29.1. The number of hydrogen-bond donors (Lipinski definition) is 2. The predicted molar refractivity (Wildman–Crippen MR) is 173 cm³/mol. The second-order valence-corrected chi connectivity index (χ2v) is 14.9. The van der Waals surface area contributed by atoms with E-state index in [1.165, 1.54) is 0 Å². The number of Topliss-reactive ketones (excluding diaryl/α,β-unsaturated/α-hetero) is 1. The molecule has 0 aromatic heterocycles. The van der Waals surface area contributed by atoms with Crippen LogP contribution >= 0.6 is 0 Å². The molecule has 3 fully saturated rings. The Morgan fingerprint density at radius 2 is 1.62 bits per heavy atom. The number of carboxylic acids is 1. The normalized spacial score (nSPS) is 32.9. The second-order valence-electron chi connectivity index (χ2n) is 14.9. The fraction of sp³-hybridized carbons (Fsp3) is 0.784. The number of aliphatic hydroxyl groups is 1. The Kier molecular flexibility index (Phi) is 12.3. The van der Waals surface area contributed by atoms with Crippen LogP contribution in [0.3, 0.4) is 0 Å². The van der Waals surface area contributed by atoms with Crippen LogP contribution in [0.4, 0.5) is 0 Å². The molecule has 0 radical (unpaired) electrons. The molecule has 2 N–H and O–H groups in total. The van der Waals surface area contributed by atoms with Crippen molar-refractivity contribution in [2.45, 2.75) is 148 Å². The van der Waals surface area contributed by atoms with Gasteiger partial charge in [-0.1, -0.05) is 59.0 Å². The van der Waals surface area contributed by atoms with Crippen LogP contribution in [0.1, 0.15) is 130 Å². The van der Waals surface area contributed by atoms with E-state index in [0.717, 1.165) is 44.1 Å². The summed E-state index contributed by atoms with van der Waals surface area (Å²) in [5.74, 6) is -4.41. The largest absolute Gasteiger partial charge is 0.478 e. The summed E-state index contributed by atoms with van der Waals surface area (Å²) in [6.07, 6.45) is 6.70. The number of ketones is 2. The Bertz CT molecular complexity index is 1290. The lowest BCUT2D eigenvalue weighted by atomic mass is 9.45. The molecule has 0 aliphatic heterocycles. The first-order valence-electron chi connectivity index (χ1n) is 18.0. The van der Waals surface area contributed by atoms with Gasteiger partial charge in [0.1, 0.15) is 0 Å². The summed E-state index contributed by atoms with van der Waals surface area (Å²) in [5, 5.41) is 21.4. The first kappa shape index (κ1) is 37.7. The van der Waals surface area contributed by atoms with E-state index in [0.29, 0.717) is 32.1 Å². The lowest BCUT2D eigenvalue weighted by Gasteiger charge is -2.60. The molecule has 0 amide bonds. The van der Waals surface area contributed by atoms with E-state index in [1.54, 1.807) is 6.08 Å². The summed E-state index contributed by atoms with van der Waals surface area (Å²) in [6, 6.07) is 0. The van der Waals surface area contributed by atoms with Gasteiger partial charge in [0, 0.05) is 24.7 Å². The number of carbonyl (C=O) groups excluding carboxylic acids is 5. The van der Waals surface area contributed by atoms with Crippen molar-refractivity contribution >= 4 is 35.4 Å². The van der Waals surface area contributed by atoms with Gasteiger partial charge in [-0.25, -0.2) is 4.79 Å². The van der Waals surface area contributed by atoms with E-state index in [-0.39, 0.29) is 54.6 Å². The molecule has 11 nitrogen and oxygen atoms in total. The zero-order valence-corrected chi connectivity index (χ0v) is 29.1. The highest BCUT2D eigenvalue weighted by molar-refractivity contribution is 5.94. The van der Waals surface area contributed by atoms with Gasteiger partial charge in [-0.05, 0) is 80.6 Å². The van der Waals surface area contributed by atoms with Crippen molar-refractivity contribution in [2.24, 2.45) is 28.6 Å². The third-order valence-corrected chi connectivity index (χ3v) is 12.0. The van der Waals surface area contributed by atoms with E-state index >= 15 is 0 Å². The van der Waals surface area contributed by atoms with Gasteiger partial charge in [-0.15, -0.1) is 0 Å². The monoisotopic (exact) mass is 674 g/mol. The first-order valence-corrected chi connectivity index (χ1v) is 18.0. The minimum Gasteiger partial charge on any atom is -0.478 e. The number of carbonyl (C=O) groups is 6. The molecular weight excluding hydrogens is 620 g/mol. The van der Waals surface area contributed by atoms with Gasteiger partial charge in [0.15, 0.2) is 18.0 Å². The SMILES string of the molecule is CCCCCCC(=O)OC(CC(=O)OCC(=O)C1(OC(=O)CCCC)CCC2C3CCC4=CC(=O)CCC4(C)C3C(O)CC21C)C(=O)O. The minimum absolute atomic E-state index is 0.0333. The van der Waals surface area contributed by atoms with Crippen molar-refractivity contribution in [3.8, 4) is 0 Å². The number of allylic oxidation sites excluding steroid dienone is 1. The van der Waals surface area contributed by atoms with Crippen LogP contribution in [0, 0.1) is 28.6 Å². The van der Waals surface area contributed by atoms with Crippen LogP contribution in [0.5, 0.6) is 0 Å². The number of carboxylic acid groups (broad SMARTS) is 1. The predicted octanol–water partition coefficient (Wildman–Crippen LogP) is 5.43. The summed E-state index contributed by atoms with van der Waals surface area (Å²) in [4.78, 5) is 76.5. The van der Waals surface area contributed by atoms with E-state index in [4.69, 9.17) is 14.2 Å². The van der Waals surface area contributed by atoms with E-state index in [2.05, 4.69) is 6.92 Å². The van der Waals surface area contributed by atoms with Crippen LogP contribution in [0.15, 0.2) is 11.6 Å². The van der Waals surface area contributed by atoms with E-state index in [9.17, 15) is 39.0 Å². The zero-order chi connectivity index (χ0) is 35.3. The van der Waals surface area contributed by atoms with Gasteiger partial charge in [-0.3, -0.25) is 24.0 Å². The maximum Gasteiger partial charge on any atom is 0.345 e. The Hall–Kier alpha value is -3.08. The fourth-order valence-electron chi connectivity index (χ4n) is 9.49. The molecule has 8 unspecified atom stereocenters. The maximum atomic E-state index is 14.2. The molecule has 268 valence electrons. The Balaban J connectivity index is 1.51. The third kappa shape index (κ3) is 7.55. The average molecular weight is 675 g/mol. The Labute approximate surface area is 283 Å². The van der Waals surface area contributed by atoms with Gasteiger partial charge >= 0.3 is 23.9 Å². The molecule has 0 bridgehead atoms. The standard InChI is InChI=1S/C37H54O11/c1-5-7-9-10-12-30(41)47-28(34(44)45)20-32(43)46-22-29(40)37(48-31(42)11-8-6-2)18-16-26-25-14-13-23-19-24(38)15-17-35(23,3)33(25)27(39)21-36(26,37)4/h19,25-28,33,39H,5-18,20-22H2,1-4H3,(H,44,45). The molecule has 3 saturated carbocycles. The van der Waals surface area contributed by atoms with E-state index in [1.807, 2.05) is 20.8 Å². The van der Waals surface area contributed by atoms with Gasteiger partial charge in [-0.2, -0.15) is 0 Å². The van der Waals surface area contributed by atoms with Crippen LogP contribution in [0.2, 0.25) is 0 Å². The van der Waals surface area contributed by atoms with Crippen LogP contribution < -0.4 is 0 Å². The fourth-order valence-corrected chi connectivity index (χ4v) is 9.49. The molecule has 8 atom stereocenters. The van der Waals surface area contributed by atoms with Crippen LogP contribution in [-0.2, 0) is 43.0 Å². The molecule has 4 aliphatic rings. The van der Waals surface area contributed by atoms with Crippen LogP contribution in [-0.4, -0.2) is 70.1 Å². The van der Waals surface area contributed by atoms with Crippen LogP contribution in [0.25, 0.3) is 0 Å². The quantitative estimate of drug-likeness (QED) is 0.122. The van der Waals surface area contributed by atoms with Crippen molar-refractivity contribution in [2.75, 3.05) is 6.61 Å². The molecule has 0 saturated heterocycles. The molecule has 0 aromatic rings. The number of rotatable bonds is 16. The van der Waals surface area contributed by atoms with Gasteiger partial charge in [0.05, 0.1) is 12.5 Å². The van der Waals surface area contributed by atoms with Crippen molar-refractivity contribution in [1.82, 2.24) is 0 Å². The number of hydrogen-bond acceptors (Lipinski definition) is 10. The highest BCUT2D eigenvalue weighted by Crippen LogP contribution is 2.68. The average Bonchev–Trinajstić information content (AvgIpc) is 3.32. The van der Waals surface area contributed by atoms with Gasteiger partial charge < -0.3 is 24.4 Å². The van der Waals surface area contributed by atoms with Crippen molar-refractivity contribution in [1.29, 1.82) is 0 Å². The van der Waals surface area contributed by atoms with Gasteiger partial charge in [0.25, 0.3) is 0 Å². The molecule has 4 aliphatic carbocycles. The molecule has 0 heterocycles. The minimum atomic E-state index is -1.76. The molecule has 0 spiro atoms. The number of fused-ring (bicyclic) bond motifs is 5. The topological polar surface area (TPSA) is 171 Å². The van der Waals surface area contributed by atoms with E-state index < -0.39 is 65.9 Å². The first-order chi connectivity index (χ1) is 22.7. The summed E-state index contributed by atoms with van der Waals surface area (Å²) in [5.41, 5.74) is -1.84. The summed E-state index contributed by atoms with van der Waals surface area (Å²) in [6.45, 7) is 7.25. The number of esters is 3. The van der Waals surface area contributed by atoms with Crippen molar-refractivity contribution in [3.05, 3.63) is 11.6 Å². The molecule has 48 heavy (non-hydrogen) atoms. The molecule has 4 rings (SSSR count). The van der Waals surface area contributed by atoms with Crippen molar-refractivity contribution in [3.63, 3.8) is 0 Å². The summed E-state index contributed by atoms with van der Waals surface area (Å²) < 4.78 is 16.5. The van der Waals surface area contributed by atoms with Gasteiger partial charge in [0.2, 0.25) is 11.9 Å². The van der Waals surface area contributed by atoms with Crippen molar-refractivity contribution < 1.29 is 53.2 Å². The maximum absolute atomic E-state index is 14.2. The molecule has 0 aromatic carbocycles. The number of aliphatic hydroxyl groups excluding tert-OH is 1. The molecular formula is C37H54O11. The lowest BCUT2D eigenvalue weighted by molar-refractivity contribution is -0.203. The number of unbranched alkanes of at least 4 members (excludes halogenated alkanes) is 4. The second kappa shape index (κ2) is 15.6. The highest BCUT2D eigenvalue weighted by Gasteiger charge is 2.70. The Morgan fingerprint density at radius 3 is 2.31 bits per heavy atom. The number of aliphatic carboxylic acids is 1. The molecule has 11 heteroatoms. The highest BCUT2D eigenvalue weighted by atomic mass is 16.6. The summed E-state index contributed by atoms with van der Waals surface area (Å²) in [7, 11) is 0.